The molecule has 2 rings (SSSR count). The second kappa shape index (κ2) is 12.3. The van der Waals surface area contributed by atoms with Crippen LogP contribution >= 0.6 is 0 Å². The normalized spacial score (nSPS) is 17.4. The van der Waals surface area contributed by atoms with Crippen molar-refractivity contribution in [2.45, 2.75) is 45.7 Å². The summed E-state index contributed by atoms with van der Waals surface area (Å²) in [7, 11) is 0. The van der Waals surface area contributed by atoms with E-state index in [2.05, 4.69) is 10.6 Å². The van der Waals surface area contributed by atoms with Crippen molar-refractivity contribution in [3.8, 4) is 11.5 Å². The minimum absolute atomic E-state index is 0.0378. The number of carbonyl (C=O) groups is 2. The number of nitrogens with one attached hydrogen (secondary N) is 2. The number of amides is 2. The fourth-order valence-electron chi connectivity index (χ4n) is 3.16. The number of carbonyl (C=O) groups excluding carboxylic acids is 2. The topological polar surface area (TPSA) is 100 Å². The average molecular weight is 408 g/mol. The van der Waals surface area contributed by atoms with Crippen molar-refractivity contribution in [3.63, 3.8) is 0 Å². The van der Waals surface area contributed by atoms with E-state index in [-0.39, 0.29) is 37.6 Å². The summed E-state index contributed by atoms with van der Waals surface area (Å²) in [4.78, 5) is 26.5. The van der Waals surface area contributed by atoms with Gasteiger partial charge in [0.1, 0.15) is 0 Å². The fourth-order valence-corrected chi connectivity index (χ4v) is 3.16. The van der Waals surface area contributed by atoms with Gasteiger partial charge < -0.3 is 25.2 Å². The molecule has 0 radical (unpaired) electrons. The Labute approximate surface area is 172 Å². The highest BCUT2D eigenvalue weighted by Gasteiger charge is 2.20. The minimum Gasteiger partial charge on any atom is -0.490 e. The summed E-state index contributed by atoms with van der Waals surface area (Å²) in [5.74, 6) is 0.980. The van der Waals surface area contributed by atoms with Crippen LogP contribution in [0.15, 0.2) is 18.2 Å². The number of aliphatic hydroxyl groups is 1. The van der Waals surface area contributed by atoms with Crippen LogP contribution in [0.3, 0.4) is 0 Å². The lowest BCUT2D eigenvalue weighted by atomic mass is 10.1. The number of hydrogen-bond acceptors (Lipinski definition) is 6. The van der Waals surface area contributed by atoms with Crippen molar-refractivity contribution < 1.29 is 24.2 Å². The minimum atomic E-state index is -0.340. The highest BCUT2D eigenvalue weighted by molar-refractivity contribution is 5.81. The monoisotopic (exact) mass is 407 g/mol. The predicted octanol–water partition coefficient (Wildman–Crippen LogP) is 1.06. The lowest BCUT2D eigenvalue weighted by molar-refractivity contribution is -0.125. The van der Waals surface area contributed by atoms with E-state index in [1.54, 1.807) is 11.8 Å². The number of nitrogens with zero attached hydrogens (tertiary/aromatic N) is 1. The lowest BCUT2D eigenvalue weighted by Gasteiger charge is -2.24. The molecule has 1 aliphatic heterocycles. The maximum Gasteiger partial charge on any atom is 0.234 e. The van der Waals surface area contributed by atoms with Crippen LogP contribution in [0.25, 0.3) is 0 Å². The van der Waals surface area contributed by atoms with Crippen LogP contribution in [-0.2, 0) is 16.1 Å². The number of para-hydroxylation sites is 1. The maximum absolute atomic E-state index is 12.4. The SMILES string of the molecule is CCOc1cccc2c1OCCCCCNC(=O)CN(CC(=O)N[C@@H](C)CO)C2. The van der Waals surface area contributed by atoms with E-state index in [1.807, 2.05) is 25.1 Å². The van der Waals surface area contributed by atoms with Gasteiger partial charge in [0.2, 0.25) is 11.8 Å². The largest absolute Gasteiger partial charge is 0.490 e. The molecule has 1 aliphatic rings. The third-order valence-corrected chi connectivity index (χ3v) is 4.56. The molecule has 0 bridgehead atoms. The molecular formula is C21H33N3O5. The molecule has 0 fully saturated rings. The van der Waals surface area contributed by atoms with Gasteiger partial charge in [0, 0.05) is 24.7 Å². The van der Waals surface area contributed by atoms with Crippen molar-refractivity contribution in [1.29, 1.82) is 0 Å². The maximum atomic E-state index is 12.4. The van der Waals surface area contributed by atoms with E-state index in [0.29, 0.717) is 37.8 Å². The summed E-state index contributed by atoms with van der Waals surface area (Å²) in [5.41, 5.74) is 0.867. The molecule has 8 heteroatoms. The quantitative estimate of drug-likeness (QED) is 0.652. The van der Waals surface area contributed by atoms with E-state index >= 15 is 0 Å². The molecule has 1 aromatic carbocycles. The first-order valence-electron chi connectivity index (χ1n) is 10.3. The molecule has 8 nitrogen and oxygen atoms in total. The molecule has 0 aliphatic carbocycles. The number of hydrogen-bond donors (Lipinski definition) is 3. The number of benzene rings is 1. The second-order valence-corrected chi connectivity index (χ2v) is 7.23. The zero-order chi connectivity index (χ0) is 21.1. The molecule has 1 aromatic rings. The number of rotatable bonds is 6. The Morgan fingerprint density at radius 2 is 2.17 bits per heavy atom. The molecule has 1 atom stereocenters. The van der Waals surface area contributed by atoms with Crippen LogP contribution in [0.2, 0.25) is 0 Å². The summed E-state index contributed by atoms with van der Waals surface area (Å²) >= 11 is 0. The van der Waals surface area contributed by atoms with Crippen molar-refractivity contribution in [1.82, 2.24) is 15.5 Å². The summed E-state index contributed by atoms with van der Waals surface area (Å²) in [6.07, 6.45) is 2.72. The highest BCUT2D eigenvalue weighted by Crippen LogP contribution is 2.32. The summed E-state index contributed by atoms with van der Waals surface area (Å²) < 4.78 is 11.8. The van der Waals surface area contributed by atoms with Gasteiger partial charge in [-0.3, -0.25) is 14.5 Å². The van der Waals surface area contributed by atoms with Gasteiger partial charge in [0.25, 0.3) is 0 Å². The van der Waals surface area contributed by atoms with Gasteiger partial charge in [-0.1, -0.05) is 12.1 Å². The molecule has 0 aromatic heterocycles. The van der Waals surface area contributed by atoms with Gasteiger partial charge in [-0.25, -0.2) is 0 Å². The first kappa shape index (κ1) is 23.0. The van der Waals surface area contributed by atoms with Gasteiger partial charge >= 0.3 is 0 Å². The Bertz CT molecular complexity index is 668. The number of fused-ring (bicyclic) bond motifs is 1. The van der Waals surface area contributed by atoms with E-state index in [1.165, 1.54) is 0 Å². The molecule has 29 heavy (non-hydrogen) atoms. The van der Waals surface area contributed by atoms with Gasteiger partial charge in [-0.05, 0) is 39.2 Å². The Morgan fingerprint density at radius 3 is 2.93 bits per heavy atom. The Hall–Kier alpha value is -2.32. The highest BCUT2D eigenvalue weighted by atomic mass is 16.5. The Balaban J connectivity index is 2.24. The standard InChI is InChI=1S/C21H33N3O5/c1-3-28-18-9-7-8-17-12-24(14-20(27)23-16(2)15-25)13-19(26)22-10-5-4-6-11-29-21(17)18/h7-9,16,25H,3-6,10-15H2,1-2H3,(H,22,26)(H,23,27)/t16-/m0/s1. The van der Waals surface area contributed by atoms with Crippen LogP contribution < -0.4 is 20.1 Å². The van der Waals surface area contributed by atoms with Crippen LogP contribution in [-0.4, -0.2) is 67.3 Å². The van der Waals surface area contributed by atoms with E-state index in [0.717, 1.165) is 24.8 Å². The molecular weight excluding hydrogens is 374 g/mol. The fraction of sp³-hybridized carbons (Fsp3) is 0.619. The Morgan fingerprint density at radius 1 is 1.34 bits per heavy atom. The molecule has 3 N–H and O–H groups in total. The second-order valence-electron chi connectivity index (χ2n) is 7.23. The molecule has 162 valence electrons. The molecule has 1 heterocycles. The summed E-state index contributed by atoms with van der Waals surface area (Å²) in [6.45, 7) is 5.70. The molecule has 0 saturated carbocycles. The van der Waals surface area contributed by atoms with Crippen molar-refractivity contribution in [2.75, 3.05) is 39.5 Å². The van der Waals surface area contributed by atoms with Crippen LogP contribution in [0, 0.1) is 0 Å². The van der Waals surface area contributed by atoms with Gasteiger partial charge in [-0.15, -0.1) is 0 Å². The number of aliphatic hydroxyl groups excluding tert-OH is 1. The Kier molecular flexibility index (Phi) is 9.73. The molecule has 0 spiro atoms. The first-order chi connectivity index (χ1) is 14.0. The van der Waals surface area contributed by atoms with Gasteiger partial charge in [0.05, 0.1) is 32.9 Å². The van der Waals surface area contributed by atoms with Crippen LogP contribution in [0.1, 0.15) is 38.7 Å². The third kappa shape index (κ3) is 7.91. The number of ether oxygens (including phenoxy) is 2. The molecule has 0 saturated heterocycles. The van der Waals surface area contributed by atoms with Crippen LogP contribution in [0.5, 0.6) is 11.5 Å². The summed E-state index contributed by atoms with van der Waals surface area (Å²) in [6, 6.07) is 5.34. The first-order valence-corrected chi connectivity index (χ1v) is 10.3. The van der Waals surface area contributed by atoms with Crippen molar-refractivity contribution in [2.24, 2.45) is 0 Å². The molecule has 0 unspecified atom stereocenters. The third-order valence-electron chi connectivity index (χ3n) is 4.56. The van der Waals surface area contributed by atoms with Gasteiger partial charge in [0.15, 0.2) is 11.5 Å². The zero-order valence-electron chi connectivity index (χ0n) is 17.4. The lowest BCUT2D eigenvalue weighted by Crippen LogP contribution is -2.45. The predicted molar refractivity (Wildman–Crippen MR) is 110 cm³/mol. The van der Waals surface area contributed by atoms with Crippen molar-refractivity contribution in [3.05, 3.63) is 23.8 Å². The molecule has 2 amide bonds. The van der Waals surface area contributed by atoms with E-state index in [9.17, 15) is 9.59 Å². The average Bonchev–Trinajstić information content (AvgIpc) is 2.69. The van der Waals surface area contributed by atoms with Crippen LogP contribution in [0.4, 0.5) is 0 Å². The van der Waals surface area contributed by atoms with Gasteiger partial charge in [-0.2, -0.15) is 0 Å². The van der Waals surface area contributed by atoms with E-state index in [4.69, 9.17) is 14.6 Å². The zero-order valence-corrected chi connectivity index (χ0v) is 17.4. The smallest absolute Gasteiger partial charge is 0.234 e. The van der Waals surface area contributed by atoms with E-state index < -0.39 is 0 Å². The summed E-state index contributed by atoms with van der Waals surface area (Å²) in [5, 5.41) is 14.8. The van der Waals surface area contributed by atoms with Crippen molar-refractivity contribution >= 4 is 11.8 Å².